The van der Waals surface area contributed by atoms with Gasteiger partial charge >= 0.3 is 5.97 Å². The van der Waals surface area contributed by atoms with E-state index in [0.717, 1.165) is 27.3 Å². The minimum atomic E-state index is -0.924. The van der Waals surface area contributed by atoms with Crippen LogP contribution in [-0.4, -0.2) is 21.8 Å². The summed E-state index contributed by atoms with van der Waals surface area (Å²) in [6.45, 7) is 1.89. The van der Waals surface area contributed by atoms with E-state index in [1.807, 2.05) is 31.2 Å². The van der Waals surface area contributed by atoms with Crippen LogP contribution in [0.2, 0.25) is 0 Å². The van der Waals surface area contributed by atoms with E-state index in [-0.39, 0.29) is 0 Å². The lowest BCUT2D eigenvalue weighted by atomic mass is 10.3. The van der Waals surface area contributed by atoms with Crippen molar-refractivity contribution in [2.75, 3.05) is 5.75 Å². The number of hydrogen-bond acceptors (Lipinski definition) is 4. The van der Waals surface area contributed by atoms with Gasteiger partial charge in [0, 0.05) is 11.8 Å². The van der Waals surface area contributed by atoms with Crippen LogP contribution in [0.15, 0.2) is 52.4 Å². The smallest absolute Gasteiger partial charge is 0.328 e. The second kappa shape index (κ2) is 6.54. The average Bonchev–Trinajstić information content (AvgIpc) is 2.79. The van der Waals surface area contributed by atoms with Crippen LogP contribution < -0.4 is 0 Å². The van der Waals surface area contributed by atoms with Crippen molar-refractivity contribution < 1.29 is 9.90 Å². The molecule has 1 heterocycles. The molecular formula is C14H13NO2S2. The van der Waals surface area contributed by atoms with Crippen molar-refractivity contribution in [2.24, 2.45) is 0 Å². The molecule has 1 aromatic carbocycles. The molecule has 5 heteroatoms. The number of fused-ring (bicyclic) bond motifs is 1. The van der Waals surface area contributed by atoms with Crippen molar-refractivity contribution in [1.29, 1.82) is 0 Å². The largest absolute Gasteiger partial charge is 0.478 e. The van der Waals surface area contributed by atoms with E-state index in [1.165, 1.54) is 4.70 Å². The number of thioether (sulfide) groups is 1. The second-order valence-electron chi connectivity index (χ2n) is 3.88. The third-order valence-electron chi connectivity index (χ3n) is 2.38. The number of benzene rings is 1. The van der Waals surface area contributed by atoms with E-state index in [1.54, 1.807) is 29.2 Å². The number of hydrogen-bond donors (Lipinski definition) is 1. The Morgan fingerprint density at radius 2 is 2.21 bits per heavy atom. The number of allylic oxidation sites excluding steroid dienone is 2. The summed E-state index contributed by atoms with van der Waals surface area (Å²) in [7, 11) is 0. The monoisotopic (exact) mass is 291 g/mol. The lowest BCUT2D eigenvalue weighted by molar-refractivity contribution is -0.131. The first-order valence-corrected chi connectivity index (χ1v) is 7.51. The highest BCUT2D eigenvalue weighted by Crippen LogP contribution is 2.29. The molecular weight excluding hydrogens is 278 g/mol. The molecule has 0 saturated carbocycles. The van der Waals surface area contributed by atoms with Gasteiger partial charge in [0.25, 0.3) is 0 Å². The lowest BCUT2D eigenvalue weighted by Crippen LogP contribution is -1.86. The fraction of sp³-hybridized carbons (Fsp3) is 0.143. The van der Waals surface area contributed by atoms with Gasteiger partial charge in [-0.2, -0.15) is 0 Å². The fourth-order valence-corrected chi connectivity index (χ4v) is 3.49. The molecule has 0 fully saturated rings. The number of thiazole rings is 1. The Hall–Kier alpha value is -1.59. The van der Waals surface area contributed by atoms with Gasteiger partial charge in [0.15, 0.2) is 4.34 Å². The average molecular weight is 291 g/mol. The topological polar surface area (TPSA) is 50.2 Å². The summed E-state index contributed by atoms with van der Waals surface area (Å²) in [6.07, 6.45) is 4.74. The summed E-state index contributed by atoms with van der Waals surface area (Å²) in [5.74, 6) is -0.137. The van der Waals surface area contributed by atoms with Crippen LogP contribution in [0.3, 0.4) is 0 Å². The first kappa shape index (κ1) is 13.8. The molecule has 0 radical (unpaired) electrons. The molecule has 1 N–H and O–H groups in total. The summed E-state index contributed by atoms with van der Waals surface area (Å²) >= 11 is 3.34. The maximum absolute atomic E-state index is 10.4. The number of carboxylic acid groups (broad SMARTS) is 1. The van der Waals surface area contributed by atoms with Gasteiger partial charge in [-0.1, -0.05) is 41.6 Å². The molecule has 0 bridgehead atoms. The molecule has 1 aromatic heterocycles. The predicted molar refractivity (Wildman–Crippen MR) is 80.9 cm³/mol. The van der Waals surface area contributed by atoms with Crippen LogP contribution >= 0.6 is 23.1 Å². The Bertz CT molecular complexity index is 611. The Morgan fingerprint density at radius 1 is 1.42 bits per heavy atom. The zero-order valence-electron chi connectivity index (χ0n) is 10.4. The summed E-state index contributed by atoms with van der Waals surface area (Å²) in [4.78, 5) is 14.9. The SMILES string of the molecule is CC(C=CC(=O)O)=CCSc1nc2ccccc2s1. The molecule has 3 nitrogen and oxygen atoms in total. The zero-order chi connectivity index (χ0) is 13.7. The highest BCUT2D eigenvalue weighted by atomic mass is 32.2. The standard InChI is InChI=1S/C14H13NO2S2/c1-10(6-7-13(16)17)8-9-18-14-15-11-4-2-3-5-12(11)19-14/h2-8H,9H2,1H3,(H,16,17). The van der Waals surface area contributed by atoms with Gasteiger partial charge < -0.3 is 5.11 Å². The fourth-order valence-electron chi connectivity index (χ4n) is 1.43. The van der Waals surface area contributed by atoms with Crippen LogP contribution in [0, 0.1) is 0 Å². The molecule has 2 aromatic rings. The number of aromatic nitrogens is 1. The van der Waals surface area contributed by atoms with Gasteiger partial charge in [-0.25, -0.2) is 9.78 Å². The normalized spacial score (nSPS) is 12.4. The van der Waals surface area contributed by atoms with E-state index in [0.29, 0.717) is 0 Å². The Morgan fingerprint density at radius 3 is 2.95 bits per heavy atom. The quantitative estimate of drug-likeness (QED) is 0.514. The van der Waals surface area contributed by atoms with Crippen LogP contribution in [0.4, 0.5) is 0 Å². The number of rotatable bonds is 5. The molecule has 0 aliphatic rings. The Labute approximate surface area is 119 Å². The first-order valence-electron chi connectivity index (χ1n) is 5.71. The van der Waals surface area contributed by atoms with E-state index in [2.05, 4.69) is 11.1 Å². The summed E-state index contributed by atoms with van der Waals surface area (Å²) < 4.78 is 2.23. The van der Waals surface area contributed by atoms with Crippen LogP contribution in [0.5, 0.6) is 0 Å². The van der Waals surface area contributed by atoms with E-state index in [9.17, 15) is 4.79 Å². The molecule has 0 amide bonds. The summed E-state index contributed by atoms with van der Waals surface area (Å²) in [5.41, 5.74) is 1.97. The number of carboxylic acids is 1. The number of aliphatic carboxylic acids is 1. The van der Waals surface area contributed by atoms with Crippen LogP contribution in [-0.2, 0) is 4.79 Å². The lowest BCUT2D eigenvalue weighted by Gasteiger charge is -1.92. The first-order chi connectivity index (χ1) is 9.15. The van der Waals surface area contributed by atoms with Crippen molar-refractivity contribution in [2.45, 2.75) is 11.3 Å². The van der Waals surface area contributed by atoms with Gasteiger partial charge in [0.05, 0.1) is 10.2 Å². The molecule has 2 rings (SSSR count). The molecule has 19 heavy (non-hydrogen) atoms. The van der Waals surface area contributed by atoms with E-state index >= 15 is 0 Å². The third kappa shape index (κ3) is 4.22. The second-order valence-corrected chi connectivity index (χ2v) is 6.18. The minimum absolute atomic E-state index is 0.787. The van der Waals surface area contributed by atoms with Gasteiger partial charge in [-0.3, -0.25) is 0 Å². The van der Waals surface area contributed by atoms with Gasteiger partial charge in [0.2, 0.25) is 0 Å². The highest BCUT2D eigenvalue weighted by Gasteiger charge is 2.02. The van der Waals surface area contributed by atoms with Crippen LogP contribution in [0.1, 0.15) is 6.92 Å². The maximum atomic E-state index is 10.4. The molecule has 0 aliphatic carbocycles. The van der Waals surface area contributed by atoms with E-state index in [4.69, 9.17) is 5.11 Å². The highest BCUT2D eigenvalue weighted by molar-refractivity contribution is 8.01. The predicted octanol–water partition coefficient (Wildman–Crippen LogP) is 3.98. The number of para-hydroxylation sites is 1. The molecule has 0 spiro atoms. The van der Waals surface area contributed by atoms with Crippen molar-refractivity contribution in [3.63, 3.8) is 0 Å². The summed E-state index contributed by atoms with van der Waals surface area (Å²) in [5, 5.41) is 8.52. The Kier molecular flexibility index (Phi) is 4.76. The minimum Gasteiger partial charge on any atom is -0.478 e. The van der Waals surface area contributed by atoms with E-state index < -0.39 is 5.97 Å². The third-order valence-corrected chi connectivity index (χ3v) is 4.48. The molecule has 98 valence electrons. The molecule has 0 saturated heterocycles. The molecule has 0 unspecified atom stereocenters. The number of carbonyl (C=O) groups is 1. The number of nitrogens with zero attached hydrogens (tertiary/aromatic N) is 1. The molecule has 0 aliphatic heterocycles. The van der Waals surface area contributed by atoms with Crippen molar-refractivity contribution >= 4 is 39.3 Å². The maximum Gasteiger partial charge on any atom is 0.328 e. The van der Waals surface area contributed by atoms with Gasteiger partial charge in [-0.15, -0.1) is 11.3 Å². The van der Waals surface area contributed by atoms with Gasteiger partial charge in [0.1, 0.15) is 0 Å². The van der Waals surface area contributed by atoms with Crippen molar-refractivity contribution in [3.8, 4) is 0 Å². The van der Waals surface area contributed by atoms with Crippen molar-refractivity contribution in [3.05, 3.63) is 48.1 Å². The van der Waals surface area contributed by atoms with Crippen LogP contribution in [0.25, 0.3) is 10.2 Å². The summed E-state index contributed by atoms with van der Waals surface area (Å²) in [6, 6.07) is 8.06. The molecule has 0 atom stereocenters. The Balaban J connectivity index is 1.95. The van der Waals surface area contributed by atoms with Crippen molar-refractivity contribution in [1.82, 2.24) is 4.98 Å². The zero-order valence-corrected chi connectivity index (χ0v) is 12.0. The van der Waals surface area contributed by atoms with Gasteiger partial charge in [-0.05, 0) is 19.1 Å².